The lowest BCUT2D eigenvalue weighted by molar-refractivity contribution is -0.136. The van der Waals surface area contributed by atoms with Crippen LogP contribution < -0.4 is 65.5 Å². The van der Waals surface area contributed by atoms with Crippen molar-refractivity contribution in [3.05, 3.63) is 71.9 Å². The summed E-state index contributed by atoms with van der Waals surface area (Å²) in [6.45, 7) is 1.09. The second kappa shape index (κ2) is 27.9. The van der Waals surface area contributed by atoms with Crippen molar-refractivity contribution in [3.63, 3.8) is 0 Å². The number of para-hydroxylation sites is 1. The number of amides is 9. The Morgan fingerprint density at radius 1 is 0.710 bits per heavy atom. The minimum absolute atomic E-state index is 0.0364. The molecular formula is C46H66N14O9. The predicted octanol–water partition coefficient (Wildman–Crippen LogP) is -2.64. The van der Waals surface area contributed by atoms with Crippen molar-refractivity contribution in [2.75, 3.05) is 26.2 Å². The van der Waals surface area contributed by atoms with E-state index in [0.29, 0.717) is 30.4 Å². The zero-order valence-electron chi connectivity index (χ0n) is 38.8. The number of aliphatic imine (C=N–C) groups is 1. The van der Waals surface area contributed by atoms with Gasteiger partial charge in [-0.1, -0.05) is 48.5 Å². The average Bonchev–Trinajstić information content (AvgIpc) is 3.72. The second-order valence-electron chi connectivity index (χ2n) is 16.8. The molecule has 6 atom stereocenters. The molecule has 0 saturated carbocycles. The summed E-state index contributed by atoms with van der Waals surface area (Å²) in [5, 5.41) is 21.8. The third-order valence-electron chi connectivity index (χ3n) is 11.2. The Bertz CT molecular complexity index is 2280. The zero-order chi connectivity index (χ0) is 50.3. The number of nitrogens with one attached hydrogen (secondary N) is 9. The van der Waals surface area contributed by atoms with E-state index in [1.165, 1.54) is 6.92 Å². The number of carbonyl (C=O) groups excluding carboxylic acids is 9. The standard InChI is InChI=1S/C46H66N14O9/c1-27(61)53-26-39(63)55-37-24-38(62)51-20-10-8-16-32(40(48)64)56-44(68)36(23-29-25-54-31-15-6-5-14-30(29)31)60-42(66)34(18-11-21-52-46(49)50)58-43(67)35(22-28-12-3-2-4-13-28)59-41(65)33(57-45(37)69)17-7-9-19-47/h2-6,12-15,25,32-37,54H,7-11,16-24,26,47H2,1H3,(H2,48,64)(H,51,62)(H,53,61)(H,55,63)(H,56,68)(H,57,69)(H,58,67)(H,59,65)(H,60,66)(H4,49,50,52)/t32?,33-,34-,35?,36-,37?/m0/s1. The van der Waals surface area contributed by atoms with E-state index in [1.54, 1.807) is 36.5 Å². The Morgan fingerprint density at radius 2 is 1.32 bits per heavy atom. The maximum Gasteiger partial charge on any atom is 0.243 e. The molecule has 1 aliphatic heterocycles. The number of primary amides is 1. The molecule has 4 rings (SSSR count). The predicted molar refractivity (Wildman–Crippen MR) is 256 cm³/mol. The number of fused-ring (bicyclic) bond motifs is 1. The average molecular weight is 959 g/mol. The van der Waals surface area contributed by atoms with Crippen molar-refractivity contribution in [2.45, 2.75) is 114 Å². The van der Waals surface area contributed by atoms with Crippen LogP contribution in [0.3, 0.4) is 0 Å². The number of aromatic amines is 1. The molecule has 1 aliphatic rings. The lowest BCUT2D eigenvalue weighted by Gasteiger charge is -2.28. The van der Waals surface area contributed by atoms with E-state index in [1.807, 2.05) is 24.3 Å². The Hall–Kier alpha value is -7.56. The van der Waals surface area contributed by atoms with Crippen LogP contribution in [0.15, 0.2) is 65.8 Å². The van der Waals surface area contributed by atoms with E-state index < -0.39 is 102 Å². The van der Waals surface area contributed by atoms with Gasteiger partial charge in [0.1, 0.15) is 36.3 Å². The fourth-order valence-corrected chi connectivity index (χ4v) is 7.59. The lowest BCUT2D eigenvalue weighted by atomic mass is 10.0. The molecule has 1 aromatic heterocycles. The van der Waals surface area contributed by atoms with Crippen LogP contribution in [0.4, 0.5) is 0 Å². The van der Waals surface area contributed by atoms with E-state index in [2.05, 4.69) is 52.5 Å². The number of hydrogen-bond acceptors (Lipinski definition) is 11. The van der Waals surface area contributed by atoms with E-state index in [-0.39, 0.29) is 70.5 Å². The highest BCUT2D eigenvalue weighted by molar-refractivity contribution is 5.98. The van der Waals surface area contributed by atoms with Crippen molar-refractivity contribution in [1.82, 2.24) is 47.5 Å². The first-order chi connectivity index (χ1) is 33.0. The van der Waals surface area contributed by atoms with Crippen molar-refractivity contribution < 1.29 is 43.2 Å². The smallest absolute Gasteiger partial charge is 0.243 e. The van der Waals surface area contributed by atoms with Crippen molar-refractivity contribution in [2.24, 2.45) is 27.9 Å². The maximum atomic E-state index is 14.5. The van der Waals surface area contributed by atoms with Crippen LogP contribution in [0, 0.1) is 0 Å². The number of nitrogens with zero attached hydrogens (tertiary/aromatic N) is 1. The Balaban J connectivity index is 1.77. The number of guanidine groups is 1. The van der Waals surface area contributed by atoms with Crippen LogP contribution in [0.2, 0.25) is 0 Å². The van der Waals surface area contributed by atoms with Crippen LogP contribution >= 0.6 is 0 Å². The van der Waals surface area contributed by atoms with Crippen molar-refractivity contribution in [3.8, 4) is 0 Å². The first kappa shape index (κ1) is 54.0. The Morgan fingerprint density at radius 3 is 1.99 bits per heavy atom. The number of unbranched alkanes of at least 4 members (excludes halogenated alkanes) is 1. The number of carbonyl (C=O) groups is 9. The van der Waals surface area contributed by atoms with Crippen molar-refractivity contribution in [1.29, 1.82) is 0 Å². The van der Waals surface area contributed by atoms with Gasteiger partial charge in [-0.2, -0.15) is 0 Å². The first-order valence-corrected chi connectivity index (χ1v) is 23.0. The van der Waals surface area contributed by atoms with Gasteiger partial charge in [0.15, 0.2) is 5.96 Å². The van der Waals surface area contributed by atoms with Gasteiger partial charge in [0.2, 0.25) is 53.2 Å². The molecule has 1 saturated heterocycles. The topological polar surface area (TPSA) is 382 Å². The van der Waals surface area contributed by atoms with Gasteiger partial charge in [-0.25, -0.2) is 0 Å². The molecule has 23 heteroatoms. The molecule has 2 heterocycles. The van der Waals surface area contributed by atoms with E-state index in [4.69, 9.17) is 22.9 Å². The molecule has 0 spiro atoms. The molecule has 0 radical (unpaired) electrons. The number of benzene rings is 2. The minimum atomic E-state index is -1.52. The number of rotatable bonds is 16. The molecule has 23 nitrogen and oxygen atoms in total. The van der Waals surface area contributed by atoms with Gasteiger partial charge in [-0.15, -0.1) is 0 Å². The largest absolute Gasteiger partial charge is 0.370 e. The summed E-state index contributed by atoms with van der Waals surface area (Å²) in [6, 6.07) is 8.02. The molecule has 17 N–H and O–H groups in total. The zero-order valence-corrected chi connectivity index (χ0v) is 38.8. The molecule has 2 aromatic carbocycles. The van der Waals surface area contributed by atoms with E-state index in [0.717, 1.165) is 10.9 Å². The summed E-state index contributed by atoms with van der Waals surface area (Å²) in [5.74, 6) is -7.02. The highest BCUT2D eigenvalue weighted by Crippen LogP contribution is 2.20. The van der Waals surface area contributed by atoms with Crippen LogP contribution in [-0.4, -0.2) is 127 Å². The van der Waals surface area contributed by atoms with Gasteiger partial charge in [0.25, 0.3) is 0 Å². The van der Waals surface area contributed by atoms with Gasteiger partial charge < -0.3 is 70.5 Å². The number of hydrogen-bond donors (Lipinski definition) is 13. The normalized spacial score (nSPS) is 21.5. The highest BCUT2D eigenvalue weighted by atomic mass is 16.2. The van der Waals surface area contributed by atoms with Gasteiger partial charge in [0.05, 0.1) is 13.0 Å². The molecule has 374 valence electrons. The molecule has 3 unspecified atom stereocenters. The second-order valence-corrected chi connectivity index (χ2v) is 16.8. The molecule has 3 aromatic rings. The fourth-order valence-electron chi connectivity index (χ4n) is 7.59. The molecule has 0 bridgehead atoms. The van der Waals surface area contributed by atoms with Gasteiger partial charge in [-0.3, -0.25) is 48.1 Å². The minimum Gasteiger partial charge on any atom is -0.370 e. The van der Waals surface area contributed by atoms with Crippen LogP contribution in [-0.2, 0) is 56.0 Å². The summed E-state index contributed by atoms with van der Waals surface area (Å²) >= 11 is 0. The van der Waals surface area contributed by atoms with Crippen LogP contribution in [0.1, 0.15) is 75.8 Å². The molecule has 1 fully saturated rings. The first-order valence-electron chi connectivity index (χ1n) is 23.0. The summed E-state index contributed by atoms with van der Waals surface area (Å²) in [7, 11) is 0. The van der Waals surface area contributed by atoms with Gasteiger partial charge in [0, 0.05) is 50.0 Å². The molecular weight excluding hydrogens is 893 g/mol. The maximum absolute atomic E-state index is 14.5. The van der Waals surface area contributed by atoms with E-state index >= 15 is 0 Å². The van der Waals surface area contributed by atoms with Crippen molar-refractivity contribution >= 4 is 70.0 Å². The summed E-state index contributed by atoms with van der Waals surface area (Å²) in [5.41, 5.74) is 24.7. The highest BCUT2D eigenvalue weighted by Gasteiger charge is 2.34. The van der Waals surface area contributed by atoms with E-state index in [9.17, 15) is 43.2 Å². The molecule has 69 heavy (non-hydrogen) atoms. The fraction of sp³-hybridized carbons (Fsp3) is 0.478. The quantitative estimate of drug-likeness (QED) is 0.0398. The SMILES string of the molecule is CC(=O)NCC(=O)NC1CC(=O)NCCCCC(C(N)=O)NC(=O)[C@H](Cc2c[nH]c3ccccc23)NC(=O)[C@H](CCCN=C(N)N)NC(=O)C(Cc2ccccc2)NC(=O)[C@H](CCCCN)NC1=O. The Labute approximate surface area is 399 Å². The summed E-state index contributed by atoms with van der Waals surface area (Å²) in [4.78, 5) is 129. The Kier molecular flexibility index (Phi) is 21.9. The number of aromatic nitrogens is 1. The molecule has 0 aliphatic carbocycles. The lowest BCUT2D eigenvalue weighted by Crippen LogP contribution is -2.60. The number of nitrogens with two attached hydrogens (primary N) is 4. The number of H-pyrrole nitrogens is 1. The molecule has 9 amide bonds. The monoisotopic (exact) mass is 959 g/mol. The van der Waals surface area contributed by atoms with Gasteiger partial charge >= 0.3 is 0 Å². The summed E-state index contributed by atoms with van der Waals surface area (Å²) in [6.07, 6.45) is 2.62. The summed E-state index contributed by atoms with van der Waals surface area (Å²) < 4.78 is 0. The van der Waals surface area contributed by atoms with Crippen LogP contribution in [0.25, 0.3) is 10.9 Å². The van der Waals surface area contributed by atoms with Crippen LogP contribution in [0.5, 0.6) is 0 Å². The third kappa shape index (κ3) is 18.6. The third-order valence-corrected chi connectivity index (χ3v) is 11.2. The van der Waals surface area contributed by atoms with Gasteiger partial charge in [-0.05, 0) is 75.1 Å².